The van der Waals surface area contributed by atoms with Crippen LogP contribution in [0.3, 0.4) is 0 Å². The second kappa shape index (κ2) is 6.36. The predicted molar refractivity (Wildman–Crippen MR) is 93.2 cm³/mol. The molecular formula is C18H17BrN2O. The van der Waals surface area contributed by atoms with Crippen molar-refractivity contribution in [3.63, 3.8) is 0 Å². The van der Waals surface area contributed by atoms with E-state index in [-0.39, 0.29) is 5.91 Å². The fourth-order valence-electron chi connectivity index (χ4n) is 2.55. The minimum atomic E-state index is -0.0523. The lowest BCUT2D eigenvalue weighted by Gasteiger charge is -2.06. The minimum absolute atomic E-state index is 0.0523. The second-order valence-electron chi connectivity index (χ2n) is 5.35. The van der Waals surface area contributed by atoms with Gasteiger partial charge in [-0.3, -0.25) is 4.79 Å². The Kier molecular flexibility index (Phi) is 4.29. The molecule has 3 rings (SSSR count). The van der Waals surface area contributed by atoms with Crippen LogP contribution in [0.1, 0.15) is 21.5 Å². The van der Waals surface area contributed by atoms with Gasteiger partial charge in [0, 0.05) is 28.1 Å². The van der Waals surface area contributed by atoms with Gasteiger partial charge in [0.1, 0.15) is 0 Å². The molecule has 2 N–H and O–H groups in total. The largest absolute Gasteiger partial charge is 0.361 e. The number of halogens is 1. The van der Waals surface area contributed by atoms with Crippen LogP contribution in [0.4, 0.5) is 0 Å². The van der Waals surface area contributed by atoms with Crippen LogP contribution in [0.15, 0.2) is 53.1 Å². The lowest BCUT2D eigenvalue weighted by Crippen LogP contribution is -2.25. The van der Waals surface area contributed by atoms with E-state index in [4.69, 9.17) is 0 Å². The highest BCUT2D eigenvalue weighted by Gasteiger charge is 2.09. The molecule has 1 amide bonds. The molecule has 3 nitrogen and oxygen atoms in total. The van der Waals surface area contributed by atoms with Crippen molar-refractivity contribution in [2.75, 3.05) is 6.54 Å². The van der Waals surface area contributed by atoms with Gasteiger partial charge in [0.2, 0.25) is 0 Å². The van der Waals surface area contributed by atoms with E-state index < -0.39 is 0 Å². The fourth-order valence-corrected chi connectivity index (χ4v) is 3.02. The van der Waals surface area contributed by atoms with E-state index in [1.54, 1.807) is 0 Å². The smallest absolute Gasteiger partial charge is 0.252 e. The predicted octanol–water partition coefficient (Wildman–Crippen LogP) is 4.21. The van der Waals surface area contributed by atoms with Crippen molar-refractivity contribution in [3.8, 4) is 0 Å². The minimum Gasteiger partial charge on any atom is -0.361 e. The number of H-pyrrole nitrogens is 1. The van der Waals surface area contributed by atoms with E-state index >= 15 is 0 Å². The molecule has 0 saturated heterocycles. The lowest BCUT2D eigenvalue weighted by atomic mass is 10.1. The molecule has 2 aromatic carbocycles. The van der Waals surface area contributed by atoms with Crippen LogP contribution in [0, 0.1) is 6.92 Å². The fraction of sp³-hybridized carbons (Fsp3) is 0.167. The molecule has 1 heterocycles. The normalized spacial score (nSPS) is 10.8. The molecule has 0 atom stereocenters. The number of carbonyl (C=O) groups excluding carboxylic acids is 1. The van der Waals surface area contributed by atoms with Gasteiger partial charge in [-0.25, -0.2) is 0 Å². The van der Waals surface area contributed by atoms with Crippen LogP contribution in [-0.2, 0) is 6.42 Å². The van der Waals surface area contributed by atoms with Gasteiger partial charge in [0.25, 0.3) is 5.91 Å². The van der Waals surface area contributed by atoms with Gasteiger partial charge >= 0.3 is 0 Å². The molecule has 112 valence electrons. The number of fused-ring (bicyclic) bond motifs is 1. The van der Waals surface area contributed by atoms with Crippen molar-refractivity contribution in [2.24, 2.45) is 0 Å². The molecule has 0 fully saturated rings. The van der Waals surface area contributed by atoms with Gasteiger partial charge < -0.3 is 10.3 Å². The van der Waals surface area contributed by atoms with Crippen LogP contribution in [0.25, 0.3) is 10.9 Å². The zero-order valence-electron chi connectivity index (χ0n) is 12.3. The van der Waals surface area contributed by atoms with Gasteiger partial charge in [0.15, 0.2) is 0 Å². The molecule has 3 aromatic rings. The molecule has 0 radical (unpaired) electrons. The van der Waals surface area contributed by atoms with Gasteiger partial charge in [0.05, 0.1) is 5.56 Å². The van der Waals surface area contributed by atoms with Crippen LogP contribution >= 0.6 is 15.9 Å². The molecule has 0 unspecified atom stereocenters. The third-order valence-corrected chi connectivity index (χ3v) is 4.41. The van der Waals surface area contributed by atoms with Crippen molar-refractivity contribution in [1.82, 2.24) is 10.3 Å². The Labute approximate surface area is 137 Å². The van der Waals surface area contributed by atoms with Crippen LogP contribution in [0.5, 0.6) is 0 Å². The molecule has 0 saturated carbocycles. The van der Waals surface area contributed by atoms with Crippen LogP contribution < -0.4 is 5.32 Å². The average Bonchev–Trinajstić information content (AvgIpc) is 2.90. The molecule has 0 aliphatic carbocycles. The maximum absolute atomic E-state index is 12.2. The summed E-state index contributed by atoms with van der Waals surface area (Å²) in [7, 11) is 0. The number of aromatic nitrogens is 1. The lowest BCUT2D eigenvalue weighted by molar-refractivity contribution is 0.0953. The first-order valence-electron chi connectivity index (χ1n) is 7.24. The summed E-state index contributed by atoms with van der Waals surface area (Å²) >= 11 is 3.40. The summed E-state index contributed by atoms with van der Waals surface area (Å²) in [5, 5.41) is 4.21. The third-order valence-electron chi connectivity index (χ3n) is 3.72. The summed E-state index contributed by atoms with van der Waals surface area (Å²) in [6.45, 7) is 2.70. The zero-order chi connectivity index (χ0) is 15.5. The van der Waals surface area contributed by atoms with E-state index in [9.17, 15) is 4.79 Å². The number of hydrogen-bond acceptors (Lipinski definition) is 1. The third kappa shape index (κ3) is 3.07. The number of rotatable bonds is 4. The molecule has 0 aliphatic heterocycles. The number of hydrogen-bond donors (Lipinski definition) is 2. The molecule has 0 aliphatic rings. The maximum Gasteiger partial charge on any atom is 0.252 e. The summed E-state index contributed by atoms with van der Waals surface area (Å²) in [4.78, 5) is 15.4. The number of aryl methyl sites for hydroxylation is 1. The highest BCUT2D eigenvalue weighted by molar-refractivity contribution is 9.10. The Bertz CT molecular complexity index is 823. The van der Waals surface area contributed by atoms with Crippen molar-refractivity contribution < 1.29 is 4.79 Å². The summed E-state index contributed by atoms with van der Waals surface area (Å²) in [6.07, 6.45) is 2.83. The standard InChI is InChI=1S/C18H17BrN2O/c1-12-6-7-17-15(10-12)13(11-21-17)8-9-20-18(22)14-4-2-3-5-16(14)19/h2-7,10-11,21H,8-9H2,1H3,(H,20,22). The zero-order valence-corrected chi connectivity index (χ0v) is 13.9. The Morgan fingerprint density at radius 2 is 2.05 bits per heavy atom. The Hall–Kier alpha value is -2.07. The van der Waals surface area contributed by atoms with Crippen LogP contribution in [-0.4, -0.2) is 17.4 Å². The summed E-state index contributed by atoms with van der Waals surface area (Å²) in [5.41, 5.74) is 4.27. The van der Waals surface area contributed by atoms with Gasteiger partial charge in [-0.1, -0.05) is 23.8 Å². The summed E-state index contributed by atoms with van der Waals surface area (Å²) in [5.74, 6) is -0.0523. The van der Waals surface area contributed by atoms with Gasteiger partial charge in [-0.15, -0.1) is 0 Å². The van der Waals surface area contributed by atoms with Crippen molar-refractivity contribution in [1.29, 1.82) is 0 Å². The molecule has 0 bridgehead atoms. The first kappa shape index (κ1) is 14.9. The quantitative estimate of drug-likeness (QED) is 0.722. The Morgan fingerprint density at radius 1 is 1.23 bits per heavy atom. The second-order valence-corrected chi connectivity index (χ2v) is 6.20. The SMILES string of the molecule is Cc1ccc2[nH]cc(CCNC(=O)c3ccccc3Br)c2c1. The molecule has 1 aromatic heterocycles. The topological polar surface area (TPSA) is 44.9 Å². The van der Waals surface area contributed by atoms with Crippen LogP contribution in [0.2, 0.25) is 0 Å². The first-order valence-corrected chi connectivity index (χ1v) is 8.04. The van der Waals surface area contributed by atoms with Crippen molar-refractivity contribution in [2.45, 2.75) is 13.3 Å². The highest BCUT2D eigenvalue weighted by atomic mass is 79.9. The van der Waals surface area contributed by atoms with E-state index in [1.165, 1.54) is 16.5 Å². The summed E-state index contributed by atoms with van der Waals surface area (Å²) in [6, 6.07) is 13.8. The number of aromatic amines is 1. The molecular weight excluding hydrogens is 340 g/mol. The number of amides is 1. The Balaban J connectivity index is 1.66. The molecule has 4 heteroatoms. The first-order chi connectivity index (χ1) is 10.6. The number of nitrogens with one attached hydrogen (secondary N) is 2. The van der Waals surface area contributed by atoms with Gasteiger partial charge in [-0.05, 0) is 59.1 Å². The monoisotopic (exact) mass is 356 g/mol. The van der Waals surface area contributed by atoms with E-state index in [0.717, 1.165) is 16.4 Å². The van der Waals surface area contributed by atoms with E-state index in [1.807, 2.05) is 30.5 Å². The van der Waals surface area contributed by atoms with Gasteiger partial charge in [-0.2, -0.15) is 0 Å². The van der Waals surface area contributed by atoms with E-state index in [0.29, 0.717) is 12.1 Å². The van der Waals surface area contributed by atoms with Crippen molar-refractivity contribution >= 4 is 32.7 Å². The number of carbonyl (C=O) groups is 1. The maximum atomic E-state index is 12.2. The number of benzene rings is 2. The average molecular weight is 357 g/mol. The highest BCUT2D eigenvalue weighted by Crippen LogP contribution is 2.20. The molecule has 0 spiro atoms. The Morgan fingerprint density at radius 3 is 2.86 bits per heavy atom. The van der Waals surface area contributed by atoms with Crippen molar-refractivity contribution in [3.05, 3.63) is 69.8 Å². The van der Waals surface area contributed by atoms with E-state index in [2.05, 4.69) is 51.4 Å². The summed E-state index contributed by atoms with van der Waals surface area (Å²) < 4.78 is 0.815. The molecule has 22 heavy (non-hydrogen) atoms.